The van der Waals surface area contributed by atoms with Crippen molar-refractivity contribution in [1.29, 1.82) is 0 Å². The van der Waals surface area contributed by atoms with E-state index in [0.717, 1.165) is 4.90 Å². The van der Waals surface area contributed by atoms with Gasteiger partial charge in [-0.3, -0.25) is 0 Å². The van der Waals surface area contributed by atoms with Crippen LogP contribution in [0.5, 0.6) is 17.2 Å². The molecule has 0 aliphatic heterocycles. The van der Waals surface area contributed by atoms with E-state index in [1.165, 1.54) is 0 Å². The minimum atomic E-state index is 0. The van der Waals surface area contributed by atoms with Gasteiger partial charge >= 0.3 is 29.6 Å². The molecule has 0 N–H and O–H groups in total. The van der Waals surface area contributed by atoms with Crippen LogP contribution >= 0.6 is 12.6 Å². The van der Waals surface area contributed by atoms with E-state index in [0.29, 0.717) is 17.2 Å². The summed E-state index contributed by atoms with van der Waals surface area (Å²) in [5.74, 6) is 1.79. The molecule has 0 unspecified atom stereocenters. The summed E-state index contributed by atoms with van der Waals surface area (Å²) in [6.07, 6.45) is 0. The predicted molar refractivity (Wildman–Crippen MR) is 60.5 cm³/mol. The van der Waals surface area contributed by atoms with Crippen LogP contribution in [0.1, 0.15) is 0 Å². The van der Waals surface area contributed by atoms with Crippen molar-refractivity contribution in [3.8, 4) is 17.2 Å². The summed E-state index contributed by atoms with van der Waals surface area (Å²) in [6, 6.07) is 3.58. The molecule has 1 aromatic rings. The van der Waals surface area contributed by atoms with Crippen molar-refractivity contribution in [3.63, 3.8) is 0 Å². The van der Waals surface area contributed by atoms with Crippen LogP contribution in [-0.4, -0.2) is 50.9 Å². The number of ether oxygens (including phenoxy) is 3. The Labute approximate surface area is 111 Å². The molecule has 0 heterocycles. The van der Waals surface area contributed by atoms with Crippen molar-refractivity contribution >= 4 is 42.2 Å². The molecule has 0 radical (unpaired) electrons. The molecule has 0 saturated carbocycles. The Morgan fingerprint density at radius 2 is 1.50 bits per heavy atom. The van der Waals surface area contributed by atoms with Crippen molar-refractivity contribution in [2.45, 2.75) is 4.90 Å². The predicted octanol–water partition coefficient (Wildman–Crippen LogP) is 1.35. The van der Waals surface area contributed by atoms with Crippen LogP contribution < -0.4 is 14.2 Å². The molecule has 0 aliphatic carbocycles. The molecule has 5 heteroatoms. The third-order valence-electron chi connectivity index (χ3n) is 1.68. The molecule has 14 heavy (non-hydrogen) atoms. The van der Waals surface area contributed by atoms with Gasteiger partial charge in [-0.2, -0.15) is 0 Å². The molecule has 0 spiro atoms. The third-order valence-corrected chi connectivity index (χ3v) is 2.04. The zero-order valence-electron chi connectivity index (χ0n) is 7.83. The van der Waals surface area contributed by atoms with E-state index in [2.05, 4.69) is 12.6 Å². The van der Waals surface area contributed by atoms with Crippen molar-refractivity contribution in [3.05, 3.63) is 12.1 Å². The van der Waals surface area contributed by atoms with Gasteiger partial charge in [0.2, 0.25) is 5.75 Å². The Balaban J connectivity index is 0.00000169. The fourth-order valence-corrected chi connectivity index (χ4v) is 1.35. The van der Waals surface area contributed by atoms with Crippen molar-refractivity contribution in [2.75, 3.05) is 21.3 Å². The fraction of sp³-hybridized carbons (Fsp3) is 0.333. The van der Waals surface area contributed by atoms with Gasteiger partial charge in [-0.05, 0) is 12.1 Å². The average Bonchev–Trinajstić information content (AvgIpc) is 2.17. The van der Waals surface area contributed by atoms with Crippen LogP contribution in [0.4, 0.5) is 0 Å². The first kappa shape index (κ1) is 14.0. The maximum atomic E-state index is 5.14. The van der Waals surface area contributed by atoms with E-state index in [4.69, 9.17) is 14.2 Å². The van der Waals surface area contributed by atoms with Gasteiger partial charge in [-0.15, -0.1) is 12.6 Å². The Hall–Kier alpha value is -0.0300. The van der Waals surface area contributed by atoms with E-state index in [9.17, 15) is 0 Å². The number of hydrogen-bond donors (Lipinski definition) is 1. The van der Waals surface area contributed by atoms with E-state index in [1.54, 1.807) is 33.5 Å². The van der Waals surface area contributed by atoms with Crippen LogP contribution in [0.2, 0.25) is 0 Å². The summed E-state index contributed by atoms with van der Waals surface area (Å²) in [5.41, 5.74) is 0. The topological polar surface area (TPSA) is 27.7 Å². The molecule has 0 aromatic heterocycles. The molecule has 0 bridgehead atoms. The van der Waals surface area contributed by atoms with Crippen molar-refractivity contribution < 1.29 is 14.2 Å². The monoisotopic (exact) mass is 224 g/mol. The molecule has 1 rings (SSSR count). The van der Waals surface area contributed by atoms with Gasteiger partial charge in [0.25, 0.3) is 0 Å². The summed E-state index contributed by atoms with van der Waals surface area (Å²) in [4.78, 5) is 0.722. The summed E-state index contributed by atoms with van der Waals surface area (Å²) in [5, 5.41) is 0. The van der Waals surface area contributed by atoms with Crippen LogP contribution in [0.3, 0.4) is 0 Å². The minimum absolute atomic E-state index is 0. The van der Waals surface area contributed by atoms with Crippen LogP contribution in [-0.2, 0) is 0 Å². The van der Waals surface area contributed by atoms with Gasteiger partial charge in [0.05, 0.1) is 26.2 Å². The zero-order chi connectivity index (χ0) is 9.84. The molecule has 3 nitrogen and oxygen atoms in total. The Morgan fingerprint density at radius 3 is 1.93 bits per heavy atom. The van der Waals surface area contributed by atoms with Crippen LogP contribution in [0, 0.1) is 0 Å². The zero-order valence-corrected chi connectivity index (χ0v) is 8.72. The summed E-state index contributed by atoms with van der Waals surface area (Å²) >= 11 is 4.23. The molecule has 1 aromatic carbocycles. The number of benzene rings is 1. The number of methoxy groups -OCH3 is 3. The van der Waals surface area contributed by atoms with E-state index < -0.39 is 0 Å². The summed E-state index contributed by atoms with van der Waals surface area (Å²) in [7, 11) is 4.71. The Morgan fingerprint density at radius 1 is 0.929 bits per heavy atom. The van der Waals surface area contributed by atoms with Crippen LogP contribution in [0.15, 0.2) is 17.0 Å². The van der Waals surface area contributed by atoms with E-state index in [1.807, 2.05) is 0 Å². The molecule has 0 aliphatic rings. The van der Waals surface area contributed by atoms with E-state index >= 15 is 0 Å². The third kappa shape index (κ3) is 2.73. The number of hydrogen-bond acceptors (Lipinski definition) is 4. The SMILES string of the molecule is COc1ccc(S)c(OC)c1OC.[NaH]. The summed E-state index contributed by atoms with van der Waals surface area (Å²) < 4.78 is 15.4. The number of rotatable bonds is 3. The second-order valence-corrected chi connectivity index (χ2v) is 2.84. The van der Waals surface area contributed by atoms with Gasteiger partial charge in [-0.1, -0.05) is 0 Å². The molecule has 0 saturated heterocycles. The standard InChI is InChI=1S/C9H12O3S.Na.H/c1-10-6-4-5-7(13)9(12-3)8(6)11-2;;/h4-5,13H,1-3H3;;. The molecule has 0 amide bonds. The van der Waals surface area contributed by atoms with Gasteiger partial charge < -0.3 is 14.2 Å². The molecule has 0 atom stereocenters. The first-order valence-corrected chi connectivity index (χ1v) is 4.17. The van der Waals surface area contributed by atoms with Crippen molar-refractivity contribution in [2.24, 2.45) is 0 Å². The van der Waals surface area contributed by atoms with Crippen molar-refractivity contribution in [1.82, 2.24) is 0 Å². The van der Waals surface area contributed by atoms with Gasteiger partial charge in [0, 0.05) is 0 Å². The fourth-order valence-electron chi connectivity index (χ4n) is 1.09. The van der Waals surface area contributed by atoms with Gasteiger partial charge in [-0.25, -0.2) is 0 Å². The molecule has 0 fully saturated rings. The second-order valence-electron chi connectivity index (χ2n) is 2.35. The maximum absolute atomic E-state index is 5.14. The van der Waals surface area contributed by atoms with Gasteiger partial charge in [0.15, 0.2) is 11.5 Å². The average molecular weight is 224 g/mol. The first-order chi connectivity index (χ1) is 6.24. The van der Waals surface area contributed by atoms with Gasteiger partial charge in [0.1, 0.15) is 0 Å². The Kier molecular flexibility index (Phi) is 6.44. The quantitative estimate of drug-likeness (QED) is 0.620. The number of thiol groups is 1. The van der Waals surface area contributed by atoms with Crippen LogP contribution in [0.25, 0.3) is 0 Å². The molecular formula is C9H13NaO3S. The van der Waals surface area contributed by atoms with E-state index in [-0.39, 0.29) is 29.6 Å². The summed E-state index contributed by atoms with van der Waals surface area (Å²) in [6.45, 7) is 0. The molecule has 74 valence electrons. The Bertz CT molecular complexity index is 304. The second kappa shape index (κ2) is 6.45. The molecular weight excluding hydrogens is 211 g/mol. The first-order valence-electron chi connectivity index (χ1n) is 3.72. The normalized spacial score (nSPS) is 8.86.